The number of hydrogen-bond acceptors (Lipinski definition) is 7. The molecule has 1 aliphatic heterocycles. The van der Waals surface area contributed by atoms with Crippen molar-refractivity contribution < 1.29 is 0 Å². The second kappa shape index (κ2) is 4.96. The van der Waals surface area contributed by atoms with Gasteiger partial charge in [-0.05, 0) is 13.1 Å². The zero-order valence-corrected chi connectivity index (χ0v) is 11.5. The molecule has 2 aromatic heterocycles. The van der Waals surface area contributed by atoms with E-state index in [9.17, 15) is 0 Å². The number of rotatable bonds is 3. The van der Waals surface area contributed by atoms with Gasteiger partial charge in [-0.25, -0.2) is 9.97 Å². The van der Waals surface area contributed by atoms with Crippen LogP contribution in [-0.4, -0.2) is 47.1 Å². The van der Waals surface area contributed by atoms with Crippen LogP contribution in [0.15, 0.2) is 12.3 Å². The molecular formula is C13H14N8. The van der Waals surface area contributed by atoms with Crippen molar-refractivity contribution in [3.05, 3.63) is 23.3 Å². The molecule has 0 radical (unpaired) electrons. The summed E-state index contributed by atoms with van der Waals surface area (Å²) in [6.07, 6.45) is 2.50. The van der Waals surface area contributed by atoms with Crippen molar-refractivity contribution in [2.75, 3.05) is 25.0 Å². The van der Waals surface area contributed by atoms with E-state index in [0.717, 1.165) is 19.4 Å². The summed E-state index contributed by atoms with van der Waals surface area (Å²) in [4.78, 5) is 10.5. The van der Waals surface area contributed by atoms with Gasteiger partial charge >= 0.3 is 0 Å². The monoisotopic (exact) mass is 282 g/mol. The number of nitriles is 1. The molecule has 3 heterocycles. The van der Waals surface area contributed by atoms with E-state index in [2.05, 4.69) is 15.3 Å². The van der Waals surface area contributed by atoms with E-state index in [1.54, 1.807) is 6.07 Å². The van der Waals surface area contributed by atoms with Gasteiger partial charge in [-0.2, -0.15) is 5.26 Å². The minimum Gasteiger partial charge on any atom is -0.350 e. The van der Waals surface area contributed by atoms with Gasteiger partial charge in [-0.15, -0.1) is 0 Å². The summed E-state index contributed by atoms with van der Waals surface area (Å²) in [5, 5.41) is 27.9. The second-order valence-electron chi connectivity index (χ2n) is 4.85. The molecule has 106 valence electrons. The van der Waals surface area contributed by atoms with Gasteiger partial charge in [-0.1, -0.05) is 0 Å². The van der Waals surface area contributed by atoms with Crippen LogP contribution in [0.25, 0.3) is 11.2 Å². The van der Waals surface area contributed by atoms with Crippen LogP contribution in [-0.2, 0) is 0 Å². The van der Waals surface area contributed by atoms with Crippen molar-refractivity contribution in [2.45, 2.75) is 6.04 Å². The van der Waals surface area contributed by atoms with Crippen LogP contribution < -0.4 is 15.7 Å². The molecule has 2 aromatic rings. The van der Waals surface area contributed by atoms with E-state index in [-0.39, 0.29) is 5.49 Å². The molecule has 1 saturated heterocycles. The number of likely N-dealkylation sites (N-methyl/N-ethyl adjacent to an activating group) is 1. The molecule has 0 amide bonds. The molecular weight excluding hydrogens is 268 g/mol. The van der Waals surface area contributed by atoms with E-state index in [1.807, 2.05) is 18.0 Å². The molecule has 8 nitrogen and oxygen atoms in total. The van der Waals surface area contributed by atoms with Gasteiger partial charge in [0, 0.05) is 25.3 Å². The van der Waals surface area contributed by atoms with Gasteiger partial charge in [-0.3, -0.25) is 15.4 Å². The second-order valence-corrected chi connectivity index (χ2v) is 4.85. The minimum atomic E-state index is 0.129. The van der Waals surface area contributed by atoms with E-state index in [4.69, 9.17) is 16.1 Å². The van der Waals surface area contributed by atoms with Gasteiger partial charge in [0.25, 0.3) is 0 Å². The summed E-state index contributed by atoms with van der Waals surface area (Å²) in [6.45, 7) is 1.55. The fourth-order valence-electron chi connectivity index (χ4n) is 2.34. The third kappa shape index (κ3) is 2.04. The Morgan fingerprint density at radius 3 is 2.90 bits per heavy atom. The van der Waals surface area contributed by atoms with Gasteiger partial charge in [0.05, 0.1) is 17.4 Å². The number of hydrogen-bond donors (Lipinski definition) is 3. The Morgan fingerprint density at radius 1 is 1.52 bits per heavy atom. The Morgan fingerprint density at radius 2 is 2.29 bits per heavy atom. The lowest BCUT2D eigenvalue weighted by atomic mass is 10.1. The number of anilines is 1. The highest BCUT2D eigenvalue weighted by atomic mass is 15.3. The van der Waals surface area contributed by atoms with Gasteiger partial charge in [0.15, 0.2) is 17.0 Å². The van der Waals surface area contributed by atoms with Gasteiger partial charge in [0.2, 0.25) is 0 Å². The van der Waals surface area contributed by atoms with Crippen molar-refractivity contribution in [3.8, 4) is 6.07 Å². The average molecular weight is 282 g/mol. The topological polar surface area (TPSA) is 117 Å². The normalized spacial score (nSPS) is 14.8. The minimum absolute atomic E-state index is 0.129. The lowest BCUT2D eigenvalue weighted by Crippen LogP contribution is -2.59. The maximum absolute atomic E-state index is 8.94. The van der Waals surface area contributed by atoms with Crippen LogP contribution in [0.4, 0.5) is 5.82 Å². The maximum atomic E-state index is 8.94. The van der Waals surface area contributed by atoms with E-state index in [1.165, 1.54) is 10.8 Å². The van der Waals surface area contributed by atoms with E-state index < -0.39 is 0 Å². The third-order valence-electron chi connectivity index (χ3n) is 3.62. The number of fused-ring (bicyclic) bond motifs is 1. The zero-order chi connectivity index (χ0) is 15.0. The Bertz CT molecular complexity index is 809. The highest BCUT2D eigenvalue weighted by Gasteiger charge is 2.28. The van der Waals surface area contributed by atoms with Crippen LogP contribution in [0.2, 0.25) is 0 Å². The molecule has 3 N–H and O–H groups in total. The number of pyridine rings is 1. The first-order valence-electron chi connectivity index (χ1n) is 6.47. The molecule has 8 heteroatoms. The molecule has 1 aliphatic rings. The maximum Gasteiger partial charge on any atom is 0.178 e. The summed E-state index contributed by atoms with van der Waals surface area (Å²) in [5.74, 6) is 0.509. The summed E-state index contributed by atoms with van der Waals surface area (Å²) in [5.41, 5.74) is 1.43. The lowest BCUT2D eigenvalue weighted by Gasteiger charge is -2.39. The number of nitrogens with one attached hydrogen (secondary N) is 3. The summed E-state index contributed by atoms with van der Waals surface area (Å²) >= 11 is 0. The first kappa shape index (κ1) is 13.2. The quantitative estimate of drug-likeness (QED) is 0.525. The van der Waals surface area contributed by atoms with E-state index >= 15 is 0 Å². The average Bonchev–Trinajstić information content (AvgIpc) is 2.46. The summed E-state index contributed by atoms with van der Waals surface area (Å²) in [6, 6.07) is 3.99. The Kier molecular flexibility index (Phi) is 3.12. The van der Waals surface area contributed by atoms with Crippen molar-refractivity contribution in [1.29, 1.82) is 16.1 Å². The van der Waals surface area contributed by atoms with Crippen molar-refractivity contribution in [2.24, 2.45) is 0 Å². The zero-order valence-electron chi connectivity index (χ0n) is 11.5. The fraction of sp³-hybridized carbons (Fsp3) is 0.308. The van der Waals surface area contributed by atoms with Crippen molar-refractivity contribution >= 4 is 23.3 Å². The Labute approximate surface area is 120 Å². The van der Waals surface area contributed by atoms with Crippen molar-refractivity contribution in [3.63, 3.8) is 0 Å². The molecule has 0 bridgehead atoms. The first-order chi connectivity index (χ1) is 10.2. The standard InChI is InChI=1S/C13H14N8/c1-17-9-5-20(6-9)13-11(16)21(7-15)10-2-8(3-14)4-18-12(10)19-13/h2,4,7,9,15-17H,5-6H2,1H3. The summed E-state index contributed by atoms with van der Waals surface area (Å²) in [7, 11) is 1.90. The molecule has 0 aromatic carbocycles. The molecule has 21 heavy (non-hydrogen) atoms. The largest absolute Gasteiger partial charge is 0.350 e. The predicted octanol–water partition coefficient (Wildman–Crippen LogP) is -0.354. The fourth-order valence-corrected chi connectivity index (χ4v) is 2.34. The van der Waals surface area contributed by atoms with E-state index in [0.29, 0.717) is 28.6 Å². The van der Waals surface area contributed by atoms with Crippen LogP contribution in [0.3, 0.4) is 0 Å². The third-order valence-corrected chi connectivity index (χ3v) is 3.62. The first-order valence-corrected chi connectivity index (χ1v) is 6.47. The number of nitrogens with zero attached hydrogens (tertiary/aromatic N) is 5. The molecule has 0 atom stereocenters. The van der Waals surface area contributed by atoms with Gasteiger partial charge in [0.1, 0.15) is 6.07 Å². The Balaban J connectivity index is 2.16. The van der Waals surface area contributed by atoms with Crippen molar-refractivity contribution in [1.82, 2.24) is 19.9 Å². The smallest absolute Gasteiger partial charge is 0.178 e. The summed E-state index contributed by atoms with van der Waals surface area (Å²) < 4.78 is 1.39. The van der Waals surface area contributed by atoms with Crippen LogP contribution in [0.1, 0.15) is 5.56 Å². The Hall–Kier alpha value is -2.79. The highest BCUT2D eigenvalue weighted by molar-refractivity contribution is 5.80. The lowest BCUT2D eigenvalue weighted by molar-refractivity contribution is 0.445. The van der Waals surface area contributed by atoms with Crippen LogP contribution in [0, 0.1) is 22.1 Å². The SMILES string of the molecule is CNC1CN(c2nc3ncc(C#N)cc3n(C=N)c2=N)C1. The van der Waals surface area contributed by atoms with Crippen LogP contribution in [0.5, 0.6) is 0 Å². The molecule has 0 saturated carbocycles. The van der Waals surface area contributed by atoms with Crippen LogP contribution >= 0.6 is 0 Å². The molecule has 0 unspecified atom stereocenters. The predicted molar refractivity (Wildman–Crippen MR) is 77.3 cm³/mol. The van der Waals surface area contributed by atoms with Gasteiger partial charge < -0.3 is 10.2 Å². The molecule has 0 spiro atoms. The molecule has 3 rings (SSSR count). The molecule has 0 aliphatic carbocycles. The highest BCUT2D eigenvalue weighted by Crippen LogP contribution is 2.17. The molecule has 1 fully saturated rings. The number of aromatic nitrogens is 3.